The van der Waals surface area contributed by atoms with Crippen LogP contribution in [0.4, 0.5) is 5.69 Å². The van der Waals surface area contributed by atoms with Gasteiger partial charge in [0, 0.05) is 54.5 Å². The standard InChI is InChI=1S/C33H35ClN4O5/c1-21-17-25(11-12-27(21)34)36-33(43)28(13-15-30(35)40)37-31(41)19-26-18-23-9-5-6-10-24(23)20-38(26)32(42)16-14-29(39)22-7-3-2-4-8-22/h2-12,17,26,28H,13-16,18-20H2,1H3,(H2,35,40)(H,36,43)(H,37,41)/t26-,28-/m0/s1. The van der Waals surface area contributed by atoms with E-state index in [0.717, 1.165) is 16.7 Å². The van der Waals surface area contributed by atoms with Crippen LogP contribution in [-0.2, 0) is 32.1 Å². The molecule has 0 aromatic heterocycles. The summed E-state index contributed by atoms with van der Waals surface area (Å²) >= 11 is 6.09. The van der Waals surface area contributed by atoms with E-state index in [1.807, 2.05) is 30.3 Å². The Hall–Kier alpha value is -4.50. The minimum Gasteiger partial charge on any atom is -0.370 e. The molecule has 0 unspecified atom stereocenters. The number of anilines is 1. The lowest BCUT2D eigenvalue weighted by atomic mass is 9.91. The topological polar surface area (TPSA) is 139 Å². The molecule has 0 saturated carbocycles. The van der Waals surface area contributed by atoms with E-state index in [9.17, 15) is 24.0 Å². The Bertz CT molecular complexity index is 1510. The molecule has 3 aromatic rings. The van der Waals surface area contributed by atoms with Crippen molar-refractivity contribution in [3.63, 3.8) is 0 Å². The van der Waals surface area contributed by atoms with Crippen LogP contribution in [0.3, 0.4) is 0 Å². The van der Waals surface area contributed by atoms with Gasteiger partial charge in [-0.2, -0.15) is 0 Å². The third kappa shape index (κ3) is 8.75. The van der Waals surface area contributed by atoms with Gasteiger partial charge < -0.3 is 21.3 Å². The second kappa shape index (κ2) is 14.6. The number of nitrogens with two attached hydrogens (primary N) is 1. The van der Waals surface area contributed by atoms with Crippen LogP contribution in [0, 0.1) is 6.92 Å². The highest BCUT2D eigenvalue weighted by Crippen LogP contribution is 2.26. The van der Waals surface area contributed by atoms with Gasteiger partial charge in [0.15, 0.2) is 5.78 Å². The first kappa shape index (κ1) is 31.4. The zero-order valence-electron chi connectivity index (χ0n) is 24.0. The molecule has 1 aliphatic rings. The van der Waals surface area contributed by atoms with Gasteiger partial charge in [0.2, 0.25) is 23.6 Å². The van der Waals surface area contributed by atoms with E-state index >= 15 is 0 Å². The summed E-state index contributed by atoms with van der Waals surface area (Å²) in [5.41, 5.74) is 9.16. The van der Waals surface area contributed by atoms with Gasteiger partial charge in [0.1, 0.15) is 6.04 Å². The smallest absolute Gasteiger partial charge is 0.246 e. The van der Waals surface area contributed by atoms with Gasteiger partial charge in [-0.3, -0.25) is 24.0 Å². The maximum Gasteiger partial charge on any atom is 0.246 e. The summed E-state index contributed by atoms with van der Waals surface area (Å²) in [4.78, 5) is 65.7. The monoisotopic (exact) mass is 602 g/mol. The number of aryl methyl sites for hydroxylation is 1. The fourth-order valence-electron chi connectivity index (χ4n) is 5.17. The summed E-state index contributed by atoms with van der Waals surface area (Å²) in [5.74, 6) is -1.89. The van der Waals surface area contributed by atoms with Crippen LogP contribution in [0.5, 0.6) is 0 Å². The molecule has 4 rings (SSSR count). The average molecular weight is 603 g/mol. The Morgan fingerprint density at radius 2 is 1.63 bits per heavy atom. The lowest BCUT2D eigenvalue weighted by Crippen LogP contribution is -2.49. The van der Waals surface area contributed by atoms with Crippen molar-refractivity contribution in [2.45, 2.75) is 64.1 Å². The number of carbonyl (C=O) groups is 5. The summed E-state index contributed by atoms with van der Waals surface area (Å²) in [6, 6.07) is 20.0. The first-order valence-corrected chi connectivity index (χ1v) is 14.6. The van der Waals surface area contributed by atoms with E-state index in [-0.39, 0.29) is 43.8 Å². The number of carbonyl (C=O) groups excluding carboxylic acids is 5. The van der Waals surface area contributed by atoms with E-state index in [2.05, 4.69) is 10.6 Å². The molecular formula is C33H35ClN4O5. The van der Waals surface area contributed by atoms with Crippen LogP contribution in [0.2, 0.25) is 5.02 Å². The highest BCUT2D eigenvalue weighted by molar-refractivity contribution is 6.31. The molecule has 0 bridgehead atoms. The molecule has 0 aliphatic carbocycles. The molecule has 0 spiro atoms. The molecule has 0 radical (unpaired) electrons. The molecule has 3 aromatic carbocycles. The SMILES string of the molecule is Cc1cc(NC(=O)[C@H](CCC(N)=O)NC(=O)C[C@@H]2Cc3ccccc3CN2C(=O)CCC(=O)c2ccccc2)ccc1Cl. The van der Waals surface area contributed by atoms with Crippen LogP contribution < -0.4 is 16.4 Å². The van der Waals surface area contributed by atoms with Gasteiger partial charge in [-0.15, -0.1) is 0 Å². The number of ketones is 1. The first-order chi connectivity index (χ1) is 20.6. The van der Waals surface area contributed by atoms with E-state index in [4.69, 9.17) is 17.3 Å². The minimum absolute atomic E-state index is 0.0111. The molecule has 9 nitrogen and oxygen atoms in total. The number of Topliss-reactive ketones (excluding diaryl/α,β-unsaturated/α-hetero) is 1. The number of primary amides is 1. The van der Waals surface area contributed by atoms with Crippen LogP contribution in [0.1, 0.15) is 59.2 Å². The number of rotatable bonds is 12. The van der Waals surface area contributed by atoms with Crippen molar-refractivity contribution < 1.29 is 24.0 Å². The maximum atomic E-state index is 13.4. The summed E-state index contributed by atoms with van der Waals surface area (Å²) in [7, 11) is 0. The summed E-state index contributed by atoms with van der Waals surface area (Å²) in [6.45, 7) is 2.12. The molecule has 43 heavy (non-hydrogen) atoms. The molecule has 4 N–H and O–H groups in total. The van der Waals surface area contributed by atoms with Crippen molar-refractivity contribution in [1.82, 2.24) is 10.2 Å². The third-order valence-corrected chi connectivity index (χ3v) is 7.94. The van der Waals surface area contributed by atoms with E-state index in [0.29, 0.717) is 29.2 Å². The van der Waals surface area contributed by atoms with Crippen LogP contribution in [-0.4, -0.2) is 46.4 Å². The Labute approximate surface area is 255 Å². The molecule has 224 valence electrons. The number of benzene rings is 3. The van der Waals surface area contributed by atoms with Gasteiger partial charge in [-0.05, 0) is 54.7 Å². The second-order valence-corrected chi connectivity index (χ2v) is 11.1. The number of hydrogen-bond donors (Lipinski definition) is 3. The van der Waals surface area contributed by atoms with Gasteiger partial charge >= 0.3 is 0 Å². The highest BCUT2D eigenvalue weighted by Gasteiger charge is 2.32. The molecule has 4 amide bonds. The van der Waals surface area contributed by atoms with Crippen molar-refractivity contribution in [2.75, 3.05) is 5.32 Å². The predicted octanol–water partition coefficient (Wildman–Crippen LogP) is 4.34. The first-order valence-electron chi connectivity index (χ1n) is 14.2. The fourth-order valence-corrected chi connectivity index (χ4v) is 5.29. The van der Waals surface area contributed by atoms with Crippen molar-refractivity contribution in [3.05, 3.63) is 100 Å². The molecule has 2 atom stereocenters. The molecule has 0 fully saturated rings. The number of amides is 4. The highest BCUT2D eigenvalue weighted by atomic mass is 35.5. The van der Waals surface area contributed by atoms with Gasteiger partial charge in [-0.25, -0.2) is 0 Å². The molecule has 10 heteroatoms. The lowest BCUT2D eigenvalue weighted by molar-refractivity contribution is -0.136. The van der Waals surface area contributed by atoms with Crippen molar-refractivity contribution in [3.8, 4) is 0 Å². The number of halogens is 1. The number of fused-ring (bicyclic) bond motifs is 1. The van der Waals surface area contributed by atoms with Crippen LogP contribution in [0.25, 0.3) is 0 Å². The quantitative estimate of drug-likeness (QED) is 0.265. The summed E-state index contributed by atoms with van der Waals surface area (Å²) < 4.78 is 0. The lowest BCUT2D eigenvalue weighted by Gasteiger charge is -2.37. The Balaban J connectivity index is 1.45. The number of nitrogens with zero attached hydrogens (tertiary/aromatic N) is 1. The van der Waals surface area contributed by atoms with E-state index in [1.54, 1.807) is 54.3 Å². The fraction of sp³-hybridized carbons (Fsp3) is 0.303. The van der Waals surface area contributed by atoms with Gasteiger partial charge in [-0.1, -0.05) is 66.2 Å². The normalized spacial score (nSPS) is 14.7. The number of nitrogens with one attached hydrogen (secondary N) is 2. The molecule has 1 heterocycles. The summed E-state index contributed by atoms with van der Waals surface area (Å²) in [6.07, 6.45) is 0.362. The zero-order chi connectivity index (χ0) is 30.9. The molecule has 1 aliphatic heterocycles. The second-order valence-electron chi connectivity index (χ2n) is 10.7. The third-order valence-electron chi connectivity index (χ3n) is 7.52. The minimum atomic E-state index is -1.03. The number of hydrogen-bond acceptors (Lipinski definition) is 5. The molecular weight excluding hydrogens is 568 g/mol. The Morgan fingerprint density at radius 1 is 0.930 bits per heavy atom. The maximum absolute atomic E-state index is 13.4. The Morgan fingerprint density at radius 3 is 2.33 bits per heavy atom. The largest absolute Gasteiger partial charge is 0.370 e. The van der Waals surface area contributed by atoms with E-state index < -0.39 is 29.8 Å². The van der Waals surface area contributed by atoms with E-state index in [1.165, 1.54) is 0 Å². The van der Waals surface area contributed by atoms with Crippen molar-refractivity contribution >= 4 is 46.7 Å². The predicted molar refractivity (Wildman–Crippen MR) is 164 cm³/mol. The average Bonchev–Trinajstić information content (AvgIpc) is 2.99. The zero-order valence-corrected chi connectivity index (χ0v) is 24.7. The van der Waals surface area contributed by atoms with Crippen LogP contribution >= 0.6 is 11.6 Å². The summed E-state index contributed by atoms with van der Waals surface area (Å²) in [5, 5.41) is 6.06. The van der Waals surface area contributed by atoms with Gasteiger partial charge in [0.25, 0.3) is 0 Å². The Kier molecular flexibility index (Phi) is 10.7. The molecule has 0 saturated heterocycles. The van der Waals surface area contributed by atoms with Crippen molar-refractivity contribution in [1.29, 1.82) is 0 Å². The van der Waals surface area contributed by atoms with Crippen LogP contribution in [0.15, 0.2) is 72.8 Å². The van der Waals surface area contributed by atoms with Crippen molar-refractivity contribution in [2.24, 2.45) is 5.73 Å². The van der Waals surface area contributed by atoms with Gasteiger partial charge in [0.05, 0.1) is 0 Å².